The number of benzene rings is 1. The van der Waals surface area contributed by atoms with Gasteiger partial charge in [-0.2, -0.15) is 0 Å². The lowest BCUT2D eigenvalue weighted by atomic mass is 9.80. The number of carbonyl (C=O) groups is 1. The molecule has 7 heteroatoms. The number of anilines is 1. The number of ether oxygens (including phenoxy) is 1. The van der Waals surface area contributed by atoms with Crippen molar-refractivity contribution in [2.24, 2.45) is 5.92 Å². The summed E-state index contributed by atoms with van der Waals surface area (Å²) in [7, 11) is -1.55. The molecule has 0 bridgehead atoms. The molecule has 2 atom stereocenters. The van der Waals surface area contributed by atoms with Crippen LogP contribution in [0.4, 0.5) is 5.82 Å². The highest BCUT2D eigenvalue weighted by molar-refractivity contribution is 6.58. The van der Waals surface area contributed by atoms with Crippen molar-refractivity contribution >= 4 is 24.3 Å². The van der Waals surface area contributed by atoms with Gasteiger partial charge < -0.3 is 20.1 Å². The van der Waals surface area contributed by atoms with Gasteiger partial charge in [-0.05, 0) is 42.4 Å². The van der Waals surface area contributed by atoms with Crippen LogP contribution in [-0.2, 0) is 0 Å². The molecule has 2 unspecified atom stereocenters. The van der Waals surface area contributed by atoms with Crippen LogP contribution in [0.2, 0.25) is 0 Å². The standard InChI is InChI=1S/C18H21BN2O4/c1-2-3-13-10-16(13)25-15-8-9-20-17(11-15)21-18(22)12-4-6-14(7-5-12)19(23)24/h4-9,11,13,16,23-24H,2-3,10H2,1H3,(H,20,21,22). The summed E-state index contributed by atoms with van der Waals surface area (Å²) in [6.07, 6.45) is 5.30. The summed E-state index contributed by atoms with van der Waals surface area (Å²) in [5.74, 6) is 1.43. The van der Waals surface area contributed by atoms with E-state index in [1.165, 1.54) is 30.7 Å². The van der Waals surface area contributed by atoms with Gasteiger partial charge in [-0.25, -0.2) is 4.98 Å². The number of rotatable bonds is 7. The molecule has 1 aliphatic carbocycles. The van der Waals surface area contributed by atoms with Gasteiger partial charge in [-0.15, -0.1) is 0 Å². The molecule has 1 fully saturated rings. The summed E-state index contributed by atoms with van der Waals surface area (Å²) < 4.78 is 5.91. The van der Waals surface area contributed by atoms with Gasteiger partial charge in [0.1, 0.15) is 17.7 Å². The highest BCUT2D eigenvalue weighted by Gasteiger charge is 2.38. The fraction of sp³-hybridized carbons (Fsp3) is 0.333. The highest BCUT2D eigenvalue weighted by Crippen LogP contribution is 2.38. The Labute approximate surface area is 147 Å². The Morgan fingerprint density at radius 2 is 2.08 bits per heavy atom. The molecule has 130 valence electrons. The summed E-state index contributed by atoms with van der Waals surface area (Å²) in [5.41, 5.74) is 0.735. The van der Waals surface area contributed by atoms with E-state index in [0.29, 0.717) is 28.5 Å². The van der Waals surface area contributed by atoms with Crippen molar-refractivity contribution in [2.45, 2.75) is 32.3 Å². The van der Waals surface area contributed by atoms with E-state index in [1.54, 1.807) is 18.3 Å². The lowest BCUT2D eigenvalue weighted by Crippen LogP contribution is -2.29. The zero-order valence-corrected chi connectivity index (χ0v) is 14.1. The second-order valence-electron chi connectivity index (χ2n) is 6.27. The maximum Gasteiger partial charge on any atom is 0.488 e. The monoisotopic (exact) mass is 340 g/mol. The molecule has 6 nitrogen and oxygen atoms in total. The Hall–Kier alpha value is -2.38. The minimum absolute atomic E-state index is 0.267. The molecule has 3 N–H and O–H groups in total. The average molecular weight is 340 g/mol. The molecule has 2 aromatic rings. The van der Waals surface area contributed by atoms with Crippen LogP contribution in [0.1, 0.15) is 36.5 Å². The van der Waals surface area contributed by atoms with Gasteiger partial charge in [0.15, 0.2) is 0 Å². The van der Waals surface area contributed by atoms with E-state index in [2.05, 4.69) is 17.2 Å². The van der Waals surface area contributed by atoms with Crippen molar-refractivity contribution in [3.05, 3.63) is 48.2 Å². The van der Waals surface area contributed by atoms with Crippen LogP contribution >= 0.6 is 0 Å². The highest BCUT2D eigenvalue weighted by atomic mass is 16.5. The zero-order chi connectivity index (χ0) is 17.8. The minimum Gasteiger partial charge on any atom is -0.490 e. The van der Waals surface area contributed by atoms with E-state index in [9.17, 15) is 4.79 Å². The number of carbonyl (C=O) groups excluding carboxylic acids is 1. The first-order chi connectivity index (χ1) is 12.1. The Bertz CT molecular complexity index is 736. The molecule has 0 saturated heterocycles. The summed E-state index contributed by atoms with van der Waals surface area (Å²) in [5, 5.41) is 20.9. The van der Waals surface area contributed by atoms with Crippen molar-refractivity contribution in [2.75, 3.05) is 5.32 Å². The van der Waals surface area contributed by atoms with Gasteiger partial charge >= 0.3 is 7.12 Å². The number of aromatic nitrogens is 1. The summed E-state index contributed by atoms with van der Waals surface area (Å²) >= 11 is 0. The van der Waals surface area contributed by atoms with Gasteiger partial charge in [0.2, 0.25) is 0 Å². The molecule has 1 heterocycles. The Morgan fingerprint density at radius 3 is 2.76 bits per heavy atom. The molecule has 1 aliphatic rings. The summed E-state index contributed by atoms with van der Waals surface area (Å²) in [6, 6.07) is 9.55. The molecule has 0 radical (unpaired) electrons. The van der Waals surface area contributed by atoms with Crippen molar-refractivity contribution in [3.8, 4) is 5.75 Å². The number of amides is 1. The van der Waals surface area contributed by atoms with E-state index < -0.39 is 7.12 Å². The number of hydrogen-bond donors (Lipinski definition) is 3. The molecule has 1 amide bonds. The normalized spacial score (nSPS) is 18.5. The lowest BCUT2D eigenvalue weighted by molar-refractivity contribution is 0.102. The summed E-state index contributed by atoms with van der Waals surface area (Å²) in [4.78, 5) is 16.4. The van der Waals surface area contributed by atoms with Gasteiger partial charge in [-0.1, -0.05) is 25.5 Å². The van der Waals surface area contributed by atoms with Gasteiger partial charge in [0.05, 0.1) is 0 Å². The maximum atomic E-state index is 12.3. The molecule has 0 aliphatic heterocycles. The lowest BCUT2D eigenvalue weighted by Gasteiger charge is -2.09. The molecular weight excluding hydrogens is 319 g/mol. The van der Waals surface area contributed by atoms with Crippen LogP contribution in [0.25, 0.3) is 0 Å². The van der Waals surface area contributed by atoms with Gasteiger partial charge in [0.25, 0.3) is 5.91 Å². The molecule has 1 saturated carbocycles. The van der Waals surface area contributed by atoms with Crippen LogP contribution in [0.5, 0.6) is 5.75 Å². The van der Waals surface area contributed by atoms with Crippen LogP contribution < -0.4 is 15.5 Å². The van der Waals surface area contributed by atoms with Crippen molar-refractivity contribution in [1.29, 1.82) is 0 Å². The van der Waals surface area contributed by atoms with Gasteiger partial charge in [0, 0.05) is 17.8 Å². The Kier molecular flexibility index (Phi) is 5.36. The zero-order valence-electron chi connectivity index (χ0n) is 14.1. The topological polar surface area (TPSA) is 91.7 Å². The number of nitrogens with zero attached hydrogens (tertiary/aromatic N) is 1. The average Bonchev–Trinajstić information content (AvgIpc) is 3.33. The second kappa shape index (κ2) is 7.67. The fourth-order valence-electron chi connectivity index (χ4n) is 2.76. The molecule has 3 rings (SSSR count). The first-order valence-electron chi connectivity index (χ1n) is 8.47. The van der Waals surface area contributed by atoms with E-state index >= 15 is 0 Å². The quantitative estimate of drug-likeness (QED) is 0.666. The fourth-order valence-corrected chi connectivity index (χ4v) is 2.76. The third-order valence-corrected chi connectivity index (χ3v) is 4.25. The van der Waals surface area contributed by atoms with E-state index in [0.717, 1.165) is 12.8 Å². The van der Waals surface area contributed by atoms with Crippen LogP contribution in [0.3, 0.4) is 0 Å². The number of hydrogen-bond acceptors (Lipinski definition) is 5. The minimum atomic E-state index is -1.55. The SMILES string of the molecule is CCCC1CC1Oc1ccnc(NC(=O)c2ccc(B(O)O)cc2)c1. The first-order valence-corrected chi connectivity index (χ1v) is 8.47. The largest absolute Gasteiger partial charge is 0.490 e. The van der Waals surface area contributed by atoms with Gasteiger partial charge in [-0.3, -0.25) is 4.79 Å². The molecular formula is C18H21BN2O4. The Morgan fingerprint density at radius 1 is 1.32 bits per heavy atom. The van der Waals surface area contributed by atoms with E-state index in [-0.39, 0.29) is 12.0 Å². The third-order valence-electron chi connectivity index (χ3n) is 4.25. The summed E-state index contributed by atoms with van der Waals surface area (Å²) in [6.45, 7) is 2.17. The number of pyridine rings is 1. The third kappa shape index (κ3) is 4.58. The predicted molar refractivity (Wildman–Crippen MR) is 95.9 cm³/mol. The molecule has 25 heavy (non-hydrogen) atoms. The van der Waals surface area contributed by atoms with Crippen molar-refractivity contribution in [3.63, 3.8) is 0 Å². The van der Waals surface area contributed by atoms with Crippen molar-refractivity contribution in [1.82, 2.24) is 4.98 Å². The Balaban J connectivity index is 1.60. The van der Waals surface area contributed by atoms with Crippen LogP contribution in [-0.4, -0.2) is 34.2 Å². The molecule has 0 spiro atoms. The maximum absolute atomic E-state index is 12.3. The van der Waals surface area contributed by atoms with E-state index in [1.807, 2.05) is 0 Å². The van der Waals surface area contributed by atoms with Crippen molar-refractivity contribution < 1.29 is 19.6 Å². The van der Waals surface area contributed by atoms with E-state index in [4.69, 9.17) is 14.8 Å². The predicted octanol–water partition coefficient (Wildman–Crippen LogP) is 1.58. The van der Waals surface area contributed by atoms with Crippen LogP contribution in [0, 0.1) is 5.92 Å². The van der Waals surface area contributed by atoms with Crippen LogP contribution in [0.15, 0.2) is 42.6 Å². The molecule has 1 aromatic carbocycles. The second-order valence-corrected chi connectivity index (χ2v) is 6.27. The number of nitrogens with one attached hydrogen (secondary N) is 1. The molecule has 1 aromatic heterocycles. The smallest absolute Gasteiger partial charge is 0.488 e. The first kappa shape index (κ1) is 17.4.